The molecule has 0 fully saturated rings. The van der Waals surface area contributed by atoms with E-state index >= 15 is 0 Å². The van der Waals surface area contributed by atoms with Gasteiger partial charge in [-0.1, -0.05) is 18.6 Å². The lowest BCUT2D eigenvalue weighted by Crippen LogP contribution is -2.28. The van der Waals surface area contributed by atoms with Gasteiger partial charge in [-0.3, -0.25) is 5.73 Å². The minimum Gasteiger partial charge on any atom is -0.478 e. The topological polar surface area (TPSA) is 116 Å². The standard InChI is InChI=1S/C14H20N2O4/c15-9-5-1-2-8-12(16)20-14(19)11-7-4-3-6-10(11)13(17)18/h3-4,6-7,12H,1-2,5,8-9,15-16H2,(H,17,18). The van der Waals surface area contributed by atoms with Crippen LogP contribution >= 0.6 is 0 Å². The number of benzene rings is 1. The average Bonchev–Trinajstić information content (AvgIpc) is 2.43. The minimum absolute atomic E-state index is 0.0115. The van der Waals surface area contributed by atoms with Crippen LogP contribution in [-0.2, 0) is 4.74 Å². The Balaban J connectivity index is 2.56. The predicted octanol–water partition coefficient (Wildman–Crippen LogP) is 1.35. The van der Waals surface area contributed by atoms with Crippen LogP contribution in [0.2, 0.25) is 0 Å². The number of carboxylic acids is 1. The number of hydrogen-bond donors (Lipinski definition) is 3. The second-order valence-corrected chi connectivity index (χ2v) is 4.43. The van der Waals surface area contributed by atoms with Crippen molar-refractivity contribution < 1.29 is 19.4 Å². The first-order valence-electron chi connectivity index (χ1n) is 6.55. The van der Waals surface area contributed by atoms with Gasteiger partial charge in [-0.05, 0) is 37.9 Å². The van der Waals surface area contributed by atoms with Crippen molar-refractivity contribution in [3.05, 3.63) is 35.4 Å². The first kappa shape index (κ1) is 16.1. The molecule has 1 unspecified atom stereocenters. The Hall–Kier alpha value is -1.92. The second kappa shape index (κ2) is 8.29. The molecule has 1 rings (SSSR count). The third-order valence-corrected chi connectivity index (χ3v) is 2.83. The van der Waals surface area contributed by atoms with Crippen molar-refractivity contribution >= 4 is 11.9 Å². The van der Waals surface area contributed by atoms with Crippen molar-refractivity contribution in [3.63, 3.8) is 0 Å². The summed E-state index contributed by atoms with van der Waals surface area (Å²) in [5.41, 5.74) is 11.0. The third-order valence-electron chi connectivity index (χ3n) is 2.83. The number of ether oxygens (including phenoxy) is 1. The van der Waals surface area contributed by atoms with Crippen LogP contribution < -0.4 is 11.5 Å². The van der Waals surface area contributed by atoms with Crippen molar-refractivity contribution in [1.29, 1.82) is 0 Å². The van der Waals surface area contributed by atoms with Gasteiger partial charge < -0.3 is 15.6 Å². The van der Waals surface area contributed by atoms with Gasteiger partial charge in [0.15, 0.2) is 6.23 Å². The number of hydrogen-bond acceptors (Lipinski definition) is 5. The van der Waals surface area contributed by atoms with Gasteiger partial charge in [-0.25, -0.2) is 9.59 Å². The molecule has 1 aromatic carbocycles. The Labute approximate surface area is 117 Å². The van der Waals surface area contributed by atoms with E-state index in [1.807, 2.05) is 0 Å². The van der Waals surface area contributed by atoms with E-state index in [0.717, 1.165) is 19.3 Å². The predicted molar refractivity (Wildman–Crippen MR) is 74.3 cm³/mol. The van der Waals surface area contributed by atoms with E-state index in [1.54, 1.807) is 12.1 Å². The first-order valence-corrected chi connectivity index (χ1v) is 6.55. The van der Waals surface area contributed by atoms with E-state index in [9.17, 15) is 9.59 Å². The molecule has 0 heterocycles. The van der Waals surface area contributed by atoms with E-state index in [0.29, 0.717) is 13.0 Å². The molecular weight excluding hydrogens is 260 g/mol. The Morgan fingerprint density at radius 1 is 1.15 bits per heavy atom. The lowest BCUT2D eigenvalue weighted by molar-refractivity contribution is 0.0286. The fourth-order valence-corrected chi connectivity index (χ4v) is 1.77. The second-order valence-electron chi connectivity index (χ2n) is 4.43. The van der Waals surface area contributed by atoms with Crippen LogP contribution in [0.15, 0.2) is 24.3 Å². The van der Waals surface area contributed by atoms with Crippen LogP contribution in [-0.4, -0.2) is 29.8 Å². The largest absolute Gasteiger partial charge is 0.478 e. The van der Waals surface area contributed by atoms with Crippen molar-refractivity contribution in [3.8, 4) is 0 Å². The molecule has 110 valence electrons. The van der Waals surface area contributed by atoms with Gasteiger partial charge >= 0.3 is 11.9 Å². The lowest BCUT2D eigenvalue weighted by Gasteiger charge is -2.13. The summed E-state index contributed by atoms with van der Waals surface area (Å²) in [6.45, 7) is 0.626. The number of esters is 1. The maximum Gasteiger partial charge on any atom is 0.340 e. The number of carboxylic acid groups (broad SMARTS) is 1. The van der Waals surface area contributed by atoms with E-state index in [-0.39, 0.29) is 11.1 Å². The van der Waals surface area contributed by atoms with E-state index in [4.69, 9.17) is 21.3 Å². The fourth-order valence-electron chi connectivity index (χ4n) is 1.77. The zero-order valence-corrected chi connectivity index (χ0v) is 11.2. The van der Waals surface area contributed by atoms with Crippen LogP contribution in [0.1, 0.15) is 46.4 Å². The molecule has 1 atom stereocenters. The van der Waals surface area contributed by atoms with Crippen molar-refractivity contribution in [1.82, 2.24) is 0 Å². The van der Waals surface area contributed by atoms with Crippen molar-refractivity contribution in [2.75, 3.05) is 6.54 Å². The van der Waals surface area contributed by atoms with Crippen LogP contribution in [0.3, 0.4) is 0 Å². The van der Waals surface area contributed by atoms with E-state index in [1.165, 1.54) is 12.1 Å². The Kier molecular flexibility index (Phi) is 6.69. The van der Waals surface area contributed by atoms with Gasteiger partial charge in [0.25, 0.3) is 0 Å². The summed E-state index contributed by atoms with van der Waals surface area (Å²) < 4.78 is 5.05. The number of rotatable bonds is 8. The van der Waals surface area contributed by atoms with Gasteiger partial charge in [-0.2, -0.15) is 0 Å². The van der Waals surface area contributed by atoms with Gasteiger partial charge in [0.05, 0.1) is 11.1 Å². The van der Waals surface area contributed by atoms with Crippen LogP contribution in [0.5, 0.6) is 0 Å². The SMILES string of the molecule is NCCCCCC(N)OC(=O)c1ccccc1C(=O)O. The lowest BCUT2D eigenvalue weighted by atomic mass is 10.1. The smallest absolute Gasteiger partial charge is 0.340 e. The highest BCUT2D eigenvalue weighted by molar-refractivity contribution is 6.02. The van der Waals surface area contributed by atoms with Gasteiger partial charge in [0, 0.05) is 0 Å². The average molecular weight is 280 g/mol. The number of aromatic carboxylic acids is 1. The molecule has 0 aliphatic heterocycles. The Morgan fingerprint density at radius 3 is 2.40 bits per heavy atom. The minimum atomic E-state index is -1.17. The molecule has 0 aliphatic rings. The molecule has 6 heteroatoms. The summed E-state index contributed by atoms with van der Waals surface area (Å²) >= 11 is 0. The molecule has 0 bridgehead atoms. The Bertz CT molecular complexity index is 462. The maximum atomic E-state index is 11.9. The van der Waals surface area contributed by atoms with E-state index < -0.39 is 18.2 Å². The van der Waals surface area contributed by atoms with Crippen LogP contribution in [0.4, 0.5) is 0 Å². The monoisotopic (exact) mass is 280 g/mol. The van der Waals surface area contributed by atoms with Crippen LogP contribution in [0, 0.1) is 0 Å². The molecule has 1 aromatic rings. The number of carbonyl (C=O) groups is 2. The van der Waals surface area contributed by atoms with Crippen molar-refractivity contribution in [2.45, 2.75) is 31.9 Å². The zero-order valence-electron chi connectivity index (χ0n) is 11.2. The highest BCUT2D eigenvalue weighted by Gasteiger charge is 2.19. The molecule has 0 saturated carbocycles. The van der Waals surface area contributed by atoms with Gasteiger partial charge in [0.1, 0.15) is 0 Å². The van der Waals surface area contributed by atoms with E-state index in [2.05, 4.69) is 0 Å². The molecule has 6 nitrogen and oxygen atoms in total. The summed E-state index contributed by atoms with van der Waals surface area (Å²) in [6, 6.07) is 5.89. The molecule has 0 aliphatic carbocycles. The quantitative estimate of drug-likeness (QED) is 0.376. The molecule has 0 aromatic heterocycles. The Morgan fingerprint density at radius 2 is 1.80 bits per heavy atom. The highest BCUT2D eigenvalue weighted by Crippen LogP contribution is 2.12. The molecular formula is C14H20N2O4. The number of carbonyl (C=O) groups excluding carboxylic acids is 1. The molecule has 20 heavy (non-hydrogen) atoms. The summed E-state index contributed by atoms with van der Waals surface area (Å²) in [6.07, 6.45) is 2.44. The summed E-state index contributed by atoms with van der Waals surface area (Å²) in [5.74, 6) is -1.89. The third kappa shape index (κ3) is 4.99. The summed E-state index contributed by atoms with van der Waals surface area (Å²) in [4.78, 5) is 22.9. The van der Waals surface area contributed by atoms with Gasteiger partial charge in [-0.15, -0.1) is 0 Å². The van der Waals surface area contributed by atoms with Gasteiger partial charge in [0.2, 0.25) is 0 Å². The molecule has 0 saturated heterocycles. The normalized spacial score (nSPS) is 11.9. The molecule has 0 spiro atoms. The maximum absolute atomic E-state index is 11.9. The molecule has 0 amide bonds. The fraction of sp³-hybridized carbons (Fsp3) is 0.429. The molecule has 5 N–H and O–H groups in total. The van der Waals surface area contributed by atoms with Crippen molar-refractivity contribution in [2.24, 2.45) is 11.5 Å². The number of unbranched alkanes of at least 4 members (excludes halogenated alkanes) is 2. The van der Waals surface area contributed by atoms with Crippen LogP contribution in [0.25, 0.3) is 0 Å². The number of nitrogens with two attached hydrogens (primary N) is 2. The first-order chi connectivity index (χ1) is 9.56. The summed E-state index contributed by atoms with van der Waals surface area (Å²) in [5, 5.41) is 9.00. The zero-order chi connectivity index (χ0) is 15.0. The molecule has 0 radical (unpaired) electrons. The summed E-state index contributed by atoms with van der Waals surface area (Å²) in [7, 11) is 0. The highest BCUT2D eigenvalue weighted by atomic mass is 16.6.